The lowest BCUT2D eigenvalue weighted by Crippen LogP contribution is -2.28. The molecule has 29 heavy (non-hydrogen) atoms. The van der Waals surface area contributed by atoms with E-state index in [4.69, 9.17) is 4.74 Å². The Morgan fingerprint density at radius 3 is 2.76 bits per heavy atom. The lowest BCUT2D eigenvalue weighted by molar-refractivity contribution is -0.122. The SMILES string of the molecule is CCN=C1S/C(=C\c2ccc(OCc3ccccc3C#N)c(Br)c2)C(=O)N1CC. The van der Waals surface area contributed by atoms with Crippen LogP contribution in [0.2, 0.25) is 0 Å². The van der Waals surface area contributed by atoms with Gasteiger partial charge in [-0.3, -0.25) is 14.7 Å². The minimum absolute atomic E-state index is 0.0192. The number of carbonyl (C=O) groups excluding carboxylic acids is 1. The third kappa shape index (κ3) is 4.89. The van der Waals surface area contributed by atoms with Crippen LogP contribution in [-0.4, -0.2) is 29.1 Å². The van der Waals surface area contributed by atoms with Gasteiger partial charge in [-0.2, -0.15) is 5.26 Å². The summed E-state index contributed by atoms with van der Waals surface area (Å²) in [5, 5.41) is 9.94. The van der Waals surface area contributed by atoms with Crippen molar-refractivity contribution in [2.75, 3.05) is 13.1 Å². The molecule has 1 saturated heterocycles. The van der Waals surface area contributed by atoms with Gasteiger partial charge in [0.2, 0.25) is 0 Å². The number of aliphatic imine (C=N–C) groups is 1. The highest BCUT2D eigenvalue weighted by Gasteiger charge is 2.31. The highest BCUT2D eigenvalue weighted by molar-refractivity contribution is 9.10. The number of nitrogens with zero attached hydrogens (tertiary/aromatic N) is 3. The van der Waals surface area contributed by atoms with E-state index in [1.54, 1.807) is 11.0 Å². The topological polar surface area (TPSA) is 65.7 Å². The average Bonchev–Trinajstić information content (AvgIpc) is 3.02. The Morgan fingerprint density at radius 1 is 1.28 bits per heavy atom. The van der Waals surface area contributed by atoms with E-state index in [-0.39, 0.29) is 5.91 Å². The number of likely N-dealkylation sites (N-methyl/N-ethyl adjacent to an activating group) is 1. The van der Waals surface area contributed by atoms with Crippen LogP contribution in [0.25, 0.3) is 6.08 Å². The summed E-state index contributed by atoms with van der Waals surface area (Å²) in [5.41, 5.74) is 2.33. The van der Waals surface area contributed by atoms with E-state index < -0.39 is 0 Å². The minimum atomic E-state index is -0.0192. The predicted octanol–water partition coefficient (Wildman–Crippen LogP) is 5.21. The second-order valence-corrected chi connectivity index (χ2v) is 8.03. The van der Waals surface area contributed by atoms with E-state index in [0.717, 1.165) is 20.8 Å². The lowest BCUT2D eigenvalue weighted by atomic mass is 10.1. The van der Waals surface area contributed by atoms with Crippen molar-refractivity contribution in [1.29, 1.82) is 5.26 Å². The quantitative estimate of drug-likeness (QED) is 0.544. The summed E-state index contributed by atoms with van der Waals surface area (Å²) >= 11 is 4.94. The number of benzene rings is 2. The van der Waals surface area contributed by atoms with Crippen molar-refractivity contribution in [1.82, 2.24) is 4.90 Å². The van der Waals surface area contributed by atoms with Crippen LogP contribution in [-0.2, 0) is 11.4 Å². The third-order valence-electron chi connectivity index (χ3n) is 4.27. The molecular formula is C22H20BrN3O2S. The maximum absolute atomic E-state index is 12.6. The Kier molecular flexibility index (Phi) is 7.13. The summed E-state index contributed by atoms with van der Waals surface area (Å²) < 4.78 is 6.66. The van der Waals surface area contributed by atoms with Gasteiger partial charge >= 0.3 is 0 Å². The standard InChI is InChI=1S/C22H20BrN3O2S/c1-3-25-22-26(4-2)21(27)20(29-22)12-15-9-10-19(18(23)11-15)28-14-17-8-6-5-7-16(17)13-24/h5-12H,3-4,14H2,1-2H3/b20-12-,25-22?. The molecule has 0 spiro atoms. The maximum atomic E-state index is 12.6. The number of rotatable bonds is 6. The summed E-state index contributed by atoms with van der Waals surface area (Å²) in [6.45, 7) is 5.45. The number of ether oxygens (including phenoxy) is 1. The van der Waals surface area contributed by atoms with Crippen molar-refractivity contribution < 1.29 is 9.53 Å². The summed E-state index contributed by atoms with van der Waals surface area (Å²) in [4.78, 5) is 19.3. The van der Waals surface area contributed by atoms with Crippen LogP contribution in [0, 0.1) is 11.3 Å². The van der Waals surface area contributed by atoms with Gasteiger partial charge in [0.05, 0.1) is 21.0 Å². The van der Waals surface area contributed by atoms with Crippen LogP contribution >= 0.6 is 27.7 Å². The first-order chi connectivity index (χ1) is 14.1. The molecule has 0 aromatic heterocycles. The molecule has 0 N–H and O–H groups in total. The zero-order valence-corrected chi connectivity index (χ0v) is 18.6. The Hall–Kier alpha value is -2.56. The van der Waals surface area contributed by atoms with Crippen molar-refractivity contribution in [3.63, 3.8) is 0 Å². The predicted molar refractivity (Wildman–Crippen MR) is 121 cm³/mol. The van der Waals surface area contributed by atoms with Crippen LogP contribution in [0.4, 0.5) is 0 Å². The molecule has 0 unspecified atom stereocenters. The van der Waals surface area contributed by atoms with Gasteiger partial charge in [-0.25, -0.2) is 0 Å². The van der Waals surface area contributed by atoms with E-state index in [1.165, 1.54) is 11.8 Å². The van der Waals surface area contributed by atoms with Crippen molar-refractivity contribution in [2.45, 2.75) is 20.5 Å². The molecule has 1 aliphatic rings. The van der Waals surface area contributed by atoms with Gasteiger partial charge in [-0.15, -0.1) is 0 Å². The summed E-state index contributed by atoms with van der Waals surface area (Å²) in [5.74, 6) is 0.656. The van der Waals surface area contributed by atoms with E-state index >= 15 is 0 Å². The molecule has 0 aliphatic carbocycles. The van der Waals surface area contributed by atoms with Crippen molar-refractivity contribution in [3.8, 4) is 11.8 Å². The van der Waals surface area contributed by atoms with Crippen molar-refractivity contribution >= 4 is 44.8 Å². The minimum Gasteiger partial charge on any atom is -0.488 e. The van der Waals surface area contributed by atoms with Gasteiger partial charge in [0.1, 0.15) is 12.4 Å². The molecule has 0 bridgehead atoms. The molecular weight excluding hydrogens is 450 g/mol. The first-order valence-corrected chi connectivity index (χ1v) is 10.8. The first kappa shape index (κ1) is 21.2. The summed E-state index contributed by atoms with van der Waals surface area (Å²) in [7, 11) is 0. The number of carbonyl (C=O) groups is 1. The number of thioether (sulfide) groups is 1. The number of hydrogen-bond acceptors (Lipinski definition) is 5. The van der Waals surface area contributed by atoms with E-state index in [9.17, 15) is 10.1 Å². The molecule has 0 atom stereocenters. The molecule has 2 aromatic carbocycles. The van der Waals surface area contributed by atoms with Crippen LogP contribution < -0.4 is 4.74 Å². The fraction of sp³-hybridized carbons (Fsp3) is 0.227. The molecule has 1 amide bonds. The van der Waals surface area contributed by atoms with E-state index in [1.807, 2.05) is 56.3 Å². The molecule has 7 heteroatoms. The number of halogens is 1. The van der Waals surface area contributed by atoms with Gasteiger partial charge in [-0.1, -0.05) is 24.3 Å². The molecule has 0 saturated carbocycles. The highest BCUT2D eigenvalue weighted by Crippen LogP contribution is 2.34. The second kappa shape index (κ2) is 9.77. The van der Waals surface area contributed by atoms with Gasteiger partial charge in [0.15, 0.2) is 5.17 Å². The van der Waals surface area contributed by atoms with E-state index in [0.29, 0.717) is 35.9 Å². The van der Waals surface area contributed by atoms with Crippen LogP contribution in [0.5, 0.6) is 5.75 Å². The number of amidine groups is 1. The molecule has 0 radical (unpaired) electrons. The van der Waals surface area contributed by atoms with Crippen molar-refractivity contribution in [3.05, 3.63) is 68.5 Å². The largest absolute Gasteiger partial charge is 0.488 e. The van der Waals surface area contributed by atoms with E-state index in [2.05, 4.69) is 27.0 Å². The Labute approximate surface area is 183 Å². The first-order valence-electron chi connectivity index (χ1n) is 9.23. The monoisotopic (exact) mass is 469 g/mol. The van der Waals surface area contributed by atoms with Gasteiger partial charge in [0.25, 0.3) is 5.91 Å². The zero-order valence-electron chi connectivity index (χ0n) is 16.2. The maximum Gasteiger partial charge on any atom is 0.266 e. The fourth-order valence-corrected chi connectivity index (χ4v) is 4.44. The second-order valence-electron chi connectivity index (χ2n) is 6.16. The molecule has 148 valence electrons. The molecule has 2 aromatic rings. The van der Waals surface area contributed by atoms with Crippen LogP contribution in [0.1, 0.15) is 30.5 Å². The van der Waals surface area contributed by atoms with Gasteiger partial charge in [0, 0.05) is 18.7 Å². The van der Waals surface area contributed by atoms with Crippen LogP contribution in [0.3, 0.4) is 0 Å². The molecule has 1 aliphatic heterocycles. The third-order valence-corrected chi connectivity index (χ3v) is 5.94. The molecule has 3 rings (SSSR count). The van der Waals surface area contributed by atoms with Gasteiger partial charge < -0.3 is 4.74 Å². The smallest absolute Gasteiger partial charge is 0.266 e. The summed E-state index contributed by atoms with van der Waals surface area (Å²) in [6.07, 6.45) is 1.87. The average molecular weight is 470 g/mol. The summed E-state index contributed by atoms with van der Waals surface area (Å²) in [6, 6.07) is 15.2. The number of hydrogen-bond donors (Lipinski definition) is 0. The Balaban J connectivity index is 1.76. The van der Waals surface area contributed by atoms with Gasteiger partial charge in [-0.05, 0) is 71.4 Å². The lowest BCUT2D eigenvalue weighted by Gasteiger charge is -2.11. The fourth-order valence-electron chi connectivity index (χ4n) is 2.83. The molecule has 1 fully saturated rings. The van der Waals surface area contributed by atoms with Crippen molar-refractivity contribution in [2.24, 2.45) is 4.99 Å². The molecule has 1 heterocycles. The Bertz CT molecular complexity index is 1030. The normalized spacial score (nSPS) is 16.5. The molecule has 5 nitrogen and oxygen atoms in total. The zero-order chi connectivity index (χ0) is 20.8. The highest BCUT2D eigenvalue weighted by atomic mass is 79.9. The number of nitriles is 1. The number of amides is 1. The Morgan fingerprint density at radius 2 is 2.07 bits per heavy atom. The van der Waals surface area contributed by atoms with Crippen LogP contribution in [0.15, 0.2) is 56.8 Å².